The number of hydrogen-bond acceptors (Lipinski definition) is 3. The summed E-state index contributed by atoms with van der Waals surface area (Å²) < 4.78 is 5.78. The number of nitrogens with one attached hydrogen (secondary N) is 2. The zero-order valence-electron chi connectivity index (χ0n) is 13.8. The van der Waals surface area contributed by atoms with Crippen LogP contribution in [0.5, 0.6) is 5.75 Å². The first-order chi connectivity index (χ1) is 11.8. The van der Waals surface area contributed by atoms with Crippen LogP contribution in [0.15, 0.2) is 42.5 Å². The highest BCUT2D eigenvalue weighted by atomic mass is 35.5. The number of aromatic amines is 1. The summed E-state index contributed by atoms with van der Waals surface area (Å²) in [7, 11) is 0. The number of nitrogens with zero attached hydrogens (tertiary/aromatic N) is 1. The topological polar surface area (TPSA) is 49.9 Å². The van der Waals surface area contributed by atoms with Crippen molar-refractivity contribution in [3.05, 3.63) is 58.9 Å². The standard InChI is InChI=1S/C19H22ClN3O/c1-2-11-24-18-8-7-15(20)12-14(18)13-21-10-9-19-22-16-5-3-4-6-17(16)23-19/h3-8,12,21H,2,9-11,13H2,1H3,(H,22,23). The summed E-state index contributed by atoms with van der Waals surface area (Å²) in [6.07, 6.45) is 1.84. The summed E-state index contributed by atoms with van der Waals surface area (Å²) in [6.45, 7) is 4.37. The fraction of sp³-hybridized carbons (Fsp3) is 0.316. The van der Waals surface area contributed by atoms with Gasteiger partial charge in [-0.15, -0.1) is 0 Å². The Morgan fingerprint density at radius 2 is 2.08 bits per heavy atom. The highest BCUT2D eigenvalue weighted by molar-refractivity contribution is 6.30. The highest BCUT2D eigenvalue weighted by Crippen LogP contribution is 2.23. The van der Waals surface area contributed by atoms with E-state index in [0.29, 0.717) is 6.61 Å². The number of H-pyrrole nitrogens is 1. The minimum Gasteiger partial charge on any atom is -0.493 e. The van der Waals surface area contributed by atoms with E-state index in [1.54, 1.807) is 0 Å². The van der Waals surface area contributed by atoms with Crippen LogP contribution in [0.25, 0.3) is 11.0 Å². The molecule has 1 aromatic heterocycles. The molecule has 0 spiro atoms. The van der Waals surface area contributed by atoms with Crippen molar-refractivity contribution in [2.45, 2.75) is 26.3 Å². The molecule has 0 fully saturated rings. The van der Waals surface area contributed by atoms with E-state index in [1.807, 2.05) is 42.5 Å². The van der Waals surface area contributed by atoms with Crippen LogP contribution in [-0.2, 0) is 13.0 Å². The molecule has 0 amide bonds. The van der Waals surface area contributed by atoms with E-state index in [2.05, 4.69) is 22.2 Å². The number of aromatic nitrogens is 2. The minimum absolute atomic E-state index is 0.716. The third kappa shape index (κ3) is 4.28. The summed E-state index contributed by atoms with van der Waals surface area (Å²) >= 11 is 6.11. The predicted octanol–water partition coefficient (Wildman–Crippen LogP) is 4.34. The van der Waals surface area contributed by atoms with Gasteiger partial charge >= 0.3 is 0 Å². The molecule has 24 heavy (non-hydrogen) atoms. The fourth-order valence-corrected chi connectivity index (χ4v) is 2.79. The molecule has 2 N–H and O–H groups in total. The van der Waals surface area contributed by atoms with Gasteiger partial charge in [0.15, 0.2) is 0 Å². The maximum Gasteiger partial charge on any atom is 0.123 e. The van der Waals surface area contributed by atoms with Gasteiger partial charge in [0.25, 0.3) is 0 Å². The number of benzene rings is 2. The first-order valence-corrected chi connectivity index (χ1v) is 8.69. The van der Waals surface area contributed by atoms with E-state index in [9.17, 15) is 0 Å². The molecule has 0 saturated heterocycles. The Balaban J connectivity index is 1.55. The Morgan fingerprint density at radius 1 is 1.21 bits per heavy atom. The van der Waals surface area contributed by atoms with Gasteiger partial charge in [0, 0.05) is 30.1 Å². The molecule has 1 heterocycles. The lowest BCUT2D eigenvalue weighted by Crippen LogP contribution is -2.18. The lowest BCUT2D eigenvalue weighted by molar-refractivity contribution is 0.313. The molecule has 0 saturated carbocycles. The number of hydrogen-bond donors (Lipinski definition) is 2. The third-order valence-corrected chi connectivity index (χ3v) is 4.01. The minimum atomic E-state index is 0.716. The number of fused-ring (bicyclic) bond motifs is 1. The van der Waals surface area contributed by atoms with Crippen molar-refractivity contribution < 1.29 is 4.74 Å². The second-order valence-corrected chi connectivity index (χ2v) is 6.16. The van der Waals surface area contributed by atoms with Gasteiger partial charge in [-0.3, -0.25) is 0 Å². The molecule has 3 aromatic rings. The predicted molar refractivity (Wildman–Crippen MR) is 98.7 cm³/mol. The summed E-state index contributed by atoms with van der Waals surface area (Å²) in [5, 5.41) is 4.17. The van der Waals surface area contributed by atoms with Gasteiger partial charge in [-0.1, -0.05) is 30.7 Å². The van der Waals surface area contributed by atoms with Crippen LogP contribution in [0, 0.1) is 0 Å². The van der Waals surface area contributed by atoms with Gasteiger partial charge < -0.3 is 15.0 Å². The van der Waals surface area contributed by atoms with Crippen LogP contribution in [0.4, 0.5) is 0 Å². The lowest BCUT2D eigenvalue weighted by atomic mass is 10.2. The number of ether oxygens (including phenoxy) is 1. The van der Waals surface area contributed by atoms with Crippen molar-refractivity contribution in [2.75, 3.05) is 13.2 Å². The number of para-hydroxylation sites is 2. The van der Waals surface area contributed by atoms with Gasteiger partial charge in [0.2, 0.25) is 0 Å². The molecule has 0 bridgehead atoms. The molecule has 3 rings (SSSR count). The quantitative estimate of drug-likeness (QED) is 0.598. The summed E-state index contributed by atoms with van der Waals surface area (Å²) in [5.74, 6) is 1.90. The van der Waals surface area contributed by atoms with Crippen molar-refractivity contribution in [2.24, 2.45) is 0 Å². The van der Waals surface area contributed by atoms with Crippen LogP contribution in [0.3, 0.4) is 0 Å². The average Bonchev–Trinajstić information content (AvgIpc) is 3.01. The second kappa shape index (κ2) is 8.18. The van der Waals surface area contributed by atoms with E-state index in [4.69, 9.17) is 16.3 Å². The maximum atomic E-state index is 6.11. The van der Waals surface area contributed by atoms with E-state index in [1.165, 1.54) is 0 Å². The van der Waals surface area contributed by atoms with Gasteiger partial charge in [0.05, 0.1) is 17.6 Å². The molecule has 5 heteroatoms. The van der Waals surface area contributed by atoms with Crippen LogP contribution in [-0.4, -0.2) is 23.1 Å². The van der Waals surface area contributed by atoms with Gasteiger partial charge in [0.1, 0.15) is 11.6 Å². The first kappa shape index (κ1) is 16.8. The Kier molecular flexibility index (Phi) is 5.72. The zero-order valence-corrected chi connectivity index (χ0v) is 14.6. The van der Waals surface area contributed by atoms with Gasteiger partial charge in [-0.2, -0.15) is 0 Å². The largest absolute Gasteiger partial charge is 0.493 e. The highest BCUT2D eigenvalue weighted by Gasteiger charge is 2.06. The Bertz CT molecular complexity index is 767. The molecular weight excluding hydrogens is 322 g/mol. The van der Waals surface area contributed by atoms with Crippen molar-refractivity contribution in [3.8, 4) is 5.75 Å². The normalized spacial score (nSPS) is 11.1. The van der Waals surface area contributed by atoms with Crippen LogP contribution in [0.2, 0.25) is 5.02 Å². The first-order valence-electron chi connectivity index (χ1n) is 8.32. The molecule has 0 aliphatic heterocycles. The molecule has 0 aliphatic rings. The van der Waals surface area contributed by atoms with E-state index >= 15 is 0 Å². The van der Waals surface area contributed by atoms with Crippen molar-refractivity contribution >= 4 is 22.6 Å². The summed E-state index contributed by atoms with van der Waals surface area (Å²) in [5.41, 5.74) is 3.18. The number of halogens is 1. The Hall–Kier alpha value is -2.04. The Labute approximate surface area is 147 Å². The molecule has 126 valence electrons. The number of imidazole rings is 1. The van der Waals surface area contributed by atoms with Gasteiger partial charge in [-0.25, -0.2) is 4.98 Å². The van der Waals surface area contributed by atoms with Crippen LogP contribution < -0.4 is 10.1 Å². The molecular formula is C19H22ClN3O. The monoisotopic (exact) mass is 343 g/mol. The van der Waals surface area contributed by atoms with Gasteiger partial charge in [-0.05, 0) is 36.8 Å². The van der Waals surface area contributed by atoms with E-state index in [0.717, 1.165) is 59.1 Å². The summed E-state index contributed by atoms with van der Waals surface area (Å²) in [6, 6.07) is 13.8. The van der Waals surface area contributed by atoms with Crippen molar-refractivity contribution in [1.29, 1.82) is 0 Å². The third-order valence-electron chi connectivity index (χ3n) is 3.78. The molecule has 0 atom stereocenters. The fourth-order valence-electron chi connectivity index (χ4n) is 2.59. The van der Waals surface area contributed by atoms with E-state index in [-0.39, 0.29) is 0 Å². The van der Waals surface area contributed by atoms with E-state index < -0.39 is 0 Å². The SMILES string of the molecule is CCCOc1ccc(Cl)cc1CNCCc1nc2ccccc2[nH]1. The van der Waals surface area contributed by atoms with Crippen molar-refractivity contribution in [3.63, 3.8) is 0 Å². The number of rotatable bonds is 8. The molecule has 0 unspecified atom stereocenters. The van der Waals surface area contributed by atoms with Crippen molar-refractivity contribution in [1.82, 2.24) is 15.3 Å². The summed E-state index contributed by atoms with van der Waals surface area (Å²) in [4.78, 5) is 7.93. The zero-order chi connectivity index (χ0) is 16.8. The maximum absolute atomic E-state index is 6.11. The lowest BCUT2D eigenvalue weighted by Gasteiger charge is -2.12. The second-order valence-electron chi connectivity index (χ2n) is 5.73. The molecule has 0 radical (unpaired) electrons. The molecule has 2 aromatic carbocycles. The molecule has 0 aliphatic carbocycles. The smallest absolute Gasteiger partial charge is 0.123 e. The van der Waals surface area contributed by atoms with Crippen LogP contribution in [0.1, 0.15) is 24.7 Å². The Morgan fingerprint density at radius 3 is 2.92 bits per heavy atom. The molecule has 4 nitrogen and oxygen atoms in total. The average molecular weight is 344 g/mol. The van der Waals surface area contributed by atoms with Crippen LogP contribution >= 0.6 is 11.6 Å².